The highest BCUT2D eigenvalue weighted by Gasteiger charge is 2.29. The Morgan fingerprint density at radius 3 is 2.32 bits per heavy atom. The minimum Gasteiger partial charge on any atom is -0.363 e. The van der Waals surface area contributed by atoms with E-state index in [-0.39, 0.29) is 11.8 Å². The van der Waals surface area contributed by atoms with Gasteiger partial charge in [-0.15, -0.1) is 0 Å². The van der Waals surface area contributed by atoms with Gasteiger partial charge in [-0.05, 0) is 85.5 Å². The number of aromatic nitrogens is 3. The maximum absolute atomic E-state index is 13.9. The number of hydrogen-bond acceptors (Lipinski definition) is 4. The van der Waals surface area contributed by atoms with E-state index in [4.69, 9.17) is 0 Å². The van der Waals surface area contributed by atoms with Crippen LogP contribution in [0.4, 0.5) is 11.5 Å². The number of nitrogens with zero attached hydrogens (tertiary/aromatic N) is 5. The standard InChI is InChI=1S/C32H37N5O/c1-23-8-12-27(13-9-23)32(38)36(29-6-5-7-30(18-29)37-21-24(2)19-34-37)22-25-10-14-26(15-11-25)28-16-17-31(33-20-28)35(3)4/h5-7,10-11,14-21,23,27H,8-9,12-13,22H2,1-4H3. The number of benzene rings is 2. The Morgan fingerprint density at radius 1 is 0.947 bits per heavy atom. The van der Waals surface area contributed by atoms with Crippen molar-refractivity contribution >= 4 is 17.4 Å². The smallest absolute Gasteiger partial charge is 0.230 e. The highest BCUT2D eigenvalue weighted by molar-refractivity contribution is 5.95. The van der Waals surface area contributed by atoms with Crippen molar-refractivity contribution in [2.75, 3.05) is 23.9 Å². The second kappa shape index (κ2) is 11.2. The van der Waals surface area contributed by atoms with Gasteiger partial charge in [-0.3, -0.25) is 4.79 Å². The number of aryl methyl sites for hydroxylation is 1. The minimum atomic E-state index is 0.0716. The van der Waals surface area contributed by atoms with Crippen molar-refractivity contribution in [1.82, 2.24) is 14.8 Å². The molecule has 4 aromatic rings. The zero-order chi connectivity index (χ0) is 26.6. The summed E-state index contributed by atoms with van der Waals surface area (Å²) < 4.78 is 1.87. The highest BCUT2D eigenvalue weighted by Crippen LogP contribution is 2.32. The van der Waals surface area contributed by atoms with Gasteiger partial charge in [-0.25, -0.2) is 9.67 Å². The van der Waals surface area contributed by atoms with Crippen molar-refractivity contribution in [3.63, 3.8) is 0 Å². The summed E-state index contributed by atoms with van der Waals surface area (Å²) in [7, 11) is 3.98. The van der Waals surface area contributed by atoms with Gasteiger partial charge in [0.1, 0.15) is 5.82 Å². The van der Waals surface area contributed by atoms with Crippen molar-refractivity contribution in [3.8, 4) is 16.8 Å². The average Bonchev–Trinajstić information content (AvgIpc) is 3.38. The van der Waals surface area contributed by atoms with Gasteiger partial charge in [0.15, 0.2) is 0 Å². The minimum absolute atomic E-state index is 0.0716. The second-order valence-electron chi connectivity index (χ2n) is 10.9. The molecule has 0 radical (unpaired) electrons. The zero-order valence-electron chi connectivity index (χ0n) is 22.8. The third-order valence-electron chi connectivity index (χ3n) is 7.58. The first-order valence-electron chi connectivity index (χ1n) is 13.5. The van der Waals surface area contributed by atoms with Crippen LogP contribution in [0.5, 0.6) is 0 Å². The number of hydrogen-bond donors (Lipinski definition) is 0. The van der Waals surface area contributed by atoms with Crippen LogP contribution in [0.2, 0.25) is 0 Å². The van der Waals surface area contributed by atoms with Crippen LogP contribution in [0, 0.1) is 18.8 Å². The normalized spacial score (nSPS) is 17.3. The number of carbonyl (C=O) groups is 1. The molecule has 196 valence electrons. The van der Waals surface area contributed by atoms with Gasteiger partial charge in [0.25, 0.3) is 0 Å². The molecule has 6 heteroatoms. The van der Waals surface area contributed by atoms with Crippen LogP contribution in [-0.2, 0) is 11.3 Å². The van der Waals surface area contributed by atoms with Crippen LogP contribution in [0.25, 0.3) is 16.8 Å². The topological polar surface area (TPSA) is 54.3 Å². The van der Waals surface area contributed by atoms with Gasteiger partial charge in [0, 0.05) is 43.7 Å². The van der Waals surface area contributed by atoms with E-state index in [1.54, 1.807) is 0 Å². The van der Waals surface area contributed by atoms with Crippen LogP contribution in [-0.4, -0.2) is 34.8 Å². The molecule has 1 fully saturated rings. The molecule has 1 amide bonds. The van der Waals surface area contributed by atoms with Crippen LogP contribution in [0.1, 0.15) is 43.7 Å². The molecule has 2 aromatic carbocycles. The Morgan fingerprint density at radius 2 is 1.68 bits per heavy atom. The first-order chi connectivity index (χ1) is 18.4. The number of rotatable bonds is 7. The lowest BCUT2D eigenvalue weighted by molar-refractivity contribution is -0.123. The van der Waals surface area contributed by atoms with Gasteiger partial charge >= 0.3 is 0 Å². The van der Waals surface area contributed by atoms with E-state index >= 15 is 0 Å². The first-order valence-corrected chi connectivity index (χ1v) is 13.5. The predicted octanol–water partition coefficient (Wildman–Crippen LogP) is 6.67. The average molecular weight is 508 g/mol. The zero-order valence-corrected chi connectivity index (χ0v) is 22.8. The van der Waals surface area contributed by atoms with Crippen molar-refractivity contribution in [1.29, 1.82) is 0 Å². The fourth-order valence-electron chi connectivity index (χ4n) is 5.19. The third-order valence-corrected chi connectivity index (χ3v) is 7.58. The maximum atomic E-state index is 13.9. The number of anilines is 2. The second-order valence-corrected chi connectivity index (χ2v) is 10.9. The molecule has 0 spiro atoms. The molecule has 0 atom stereocenters. The summed E-state index contributed by atoms with van der Waals surface area (Å²) in [5.74, 6) is 1.93. The van der Waals surface area contributed by atoms with Crippen molar-refractivity contribution in [3.05, 3.63) is 90.4 Å². The van der Waals surface area contributed by atoms with Crippen molar-refractivity contribution in [2.24, 2.45) is 11.8 Å². The summed E-state index contributed by atoms with van der Waals surface area (Å²) in [5, 5.41) is 4.47. The molecule has 2 aromatic heterocycles. The van der Waals surface area contributed by atoms with Gasteiger partial charge in [0.2, 0.25) is 5.91 Å². The number of amides is 1. The van der Waals surface area contributed by atoms with Crippen LogP contribution < -0.4 is 9.80 Å². The van der Waals surface area contributed by atoms with E-state index in [0.29, 0.717) is 12.5 Å². The van der Waals surface area contributed by atoms with E-state index in [9.17, 15) is 4.79 Å². The summed E-state index contributed by atoms with van der Waals surface area (Å²) >= 11 is 0. The van der Waals surface area contributed by atoms with Crippen LogP contribution in [0.15, 0.2) is 79.3 Å². The lowest BCUT2D eigenvalue weighted by Gasteiger charge is -2.31. The largest absolute Gasteiger partial charge is 0.363 e. The molecule has 0 saturated heterocycles. The molecule has 0 aliphatic heterocycles. The molecule has 0 unspecified atom stereocenters. The molecule has 1 aliphatic carbocycles. The summed E-state index contributed by atoms with van der Waals surface area (Å²) in [5.41, 5.74) is 6.26. The first kappa shape index (κ1) is 25.7. The van der Waals surface area contributed by atoms with E-state index in [1.807, 2.05) is 78.4 Å². The monoisotopic (exact) mass is 507 g/mol. The summed E-state index contributed by atoms with van der Waals surface area (Å²) in [4.78, 5) is 22.4. The molecular weight excluding hydrogens is 470 g/mol. The predicted molar refractivity (Wildman–Crippen MR) is 155 cm³/mol. The molecular formula is C32H37N5O. The number of carbonyl (C=O) groups excluding carboxylic acids is 1. The molecule has 0 N–H and O–H groups in total. The molecule has 38 heavy (non-hydrogen) atoms. The molecule has 1 saturated carbocycles. The lowest BCUT2D eigenvalue weighted by atomic mass is 9.82. The Balaban J connectivity index is 1.41. The number of pyridine rings is 1. The fraction of sp³-hybridized carbons (Fsp3) is 0.344. The maximum Gasteiger partial charge on any atom is 0.230 e. The van der Waals surface area contributed by atoms with Gasteiger partial charge < -0.3 is 9.80 Å². The summed E-state index contributed by atoms with van der Waals surface area (Å²) in [6, 6.07) is 20.8. The molecule has 0 bridgehead atoms. The fourth-order valence-corrected chi connectivity index (χ4v) is 5.19. The van der Waals surface area contributed by atoms with E-state index in [2.05, 4.69) is 53.4 Å². The van der Waals surface area contributed by atoms with E-state index in [1.165, 1.54) is 0 Å². The molecule has 1 aliphatic rings. The quantitative estimate of drug-likeness (QED) is 0.280. The van der Waals surface area contributed by atoms with Crippen molar-refractivity contribution in [2.45, 2.75) is 46.1 Å². The molecule has 2 heterocycles. The Kier molecular flexibility index (Phi) is 7.59. The third kappa shape index (κ3) is 5.80. The van der Waals surface area contributed by atoms with Gasteiger partial charge in [0.05, 0.1) is 18.4 Å². The SMILES string of the molecule is Cc1cnn(-c2cccc(N(Cc3ccc(-c4ccc(N(C)C)nc4)cc3)C(=O)C3CCC(C)CC3)c2)c1. The van der Waals surface area contributed by atoms with Crippen molar-refractivity contribution < 1.29 is 4.79 Å². The molecule has 5 rings (SSSR count). The van der Waals surface area contributed by atoms with E-state index < -0.39 is 0 Å². The Labute approximate surface area is 225 Å². The van der Waals surface area contributed by atoms with Crippen LogP contribution in [0.3, 0.4) is 0 Å². The molecule has 6 nitrogen and oxygen atoms in total. The summed E-state index contributed by atoms with van der Waals surface area (Å²) in [6.07, 6.45) is 9.92. The Hall–Kier alpha value is -3.93. The lowest BCUT2D eigenvalue weighted by Crippen LogP contribution is -2.37. The van der Waals surface area contributed by atoms with Gasteiger partial charge in [-0.1, -0.05) is 37.3 Å². The van der Waals surface area contributed by atoms with Crippen LogP contribution >= 0.6 is 0 Å². The highest BCUT2D eigenvalue weighted by atomic mass is 16.2. The van der Waals surface area contributed by atoms with Gasteiger partial charge in [-0.2, -0.15) is 5.10 Å². The Bertz CT molecular complexity index is 1370. The van der Waals surface area contributed by atoms with E-state index in [0.717, 1.165) is 65.1 Å². The summed E-state index contributed by atoms with van der Waals surface area (Å²) in [6.45, 7) is 4.85.